The normalized spacial score (nSPS) is 12.4. The summed E-state index contributed by atoms with van der Waals surface area (Å²) in [4.78, 5) is 9.40. The summed E-state index contributed by atoms with van der Waals surface area (Å²) in [7, 11) is 0. The quantitative estimate of drug-likeness (QED) is 0.453. The van der Waals surface area contributed by atoms with Crippen LogP contribution in [0.4, 0.5) is 11.4 Å². The van der Waals surface area contributed by atoms with Crippen LogP contribution in [-0.4, -0.2) is 11.4 Å². The SMILES string of the molecule is CCc1cccc(N=C(C)c2ccc(C(C)=Nc3cccc(CC)c3)o2)c1. The molecule has 27 heavy (non-hydrogen) atoms. The van der Waals surface area contributed by atoms with Crippen LogP contribution in [0, 0.1) is 0 Å². The molecule has 0 aliphatic heterocycles. The van der Waals surface area contributed by atoms with Gasteiger partial charge in [-0.3, -0.25) is 0 Å². The van der Waals surface area contributed by atoms with Gasteiger partial charge in [0.1, 0.15) is 11.5 Å². The summed E-state index contributed by atoms with van der Waals surface area (Å²) in [5.74, 6) is 1.53. The van der Waals surface area contributed by atoms with Crippen LogP contribution < -0.4 is 0 Å². The van der Waals surface area contributed by atoms with Gasteiger partial charge in [0.25, 0.3) is 0 Å². The minimum atomic E-state index is 0.767. The van der Waals surface area contributed by atoms with Crippen LogP contribution in [0.15, 0.2) is 75.1 Å². The Bertz CT molecular complexity index is 901. The molecule has 0 radical (unpaired) electrons. The molecule has 1 heterocycles. The van der Waals surface area contributed by atoms with Crippen molar-refractivity contribution in [3.8, 4) is 0 Å². The maximum Gasteiger partial charge on any atom is 0.148 e. The van der Waals surface area contributed by atoms with Crippen molar-refractivity contribution in [2.45, 2.75) is 40.5 Å². The summed E-state index contributed by atoms with van der Waals surface area (Å²) in [6, 6.07) is 20.5. The van der Waals surface area contributed by atoms with E-state index < -0.39 is 0 Å². The molecular formula is C24H26N2O. The number of aliphatic imine (C=N–C) groups is 2. The lowest BCUT2D eigenvalue weighted by molar-refractivity contribution is 0.548. The Kier molecular flexibility index (Phi) is 6.02. The van der Waals surface area contributed by atoms with E-state index in [1.54, 1.807) is 0 Å². The Labute approximate surface area is 161 Å². The van der Waals surface area contributed by atoms with Gasteiger partial charge in [-0.15, -0.1) is 0 Å². The molecule has 3 aromatic rings. The van der Waals surface area contributed by atoms with E-state index in [0.717, 1.165) is 47.2 Å². The highest BCUT2D eigenvalue weighted by atomic mass is 16.3. The molecule has 3 rings (SSSR count). The molecule has 0 atom stereocenters. The smallest absolute Gasteiger partial charge is 0.148 e. The number of hydrogen-bond acceptors (Lipinski definition) is 3. The Hall–Kier alpha value is -2.94. The molecule has 0 fully saturated rings. The highest BCUT2D eigenvalue weighted by molar-refractivity contribution is 6.01. The van der Waals surface area contributed by atoms with Crippen molar-refractivity contribution in [3.63, 3.8) is 0 Å². The Morgan fingerprint density at radius 1 is 0.704 bits per heavy atom. The molecule has 0 amide bonds. The largest absolute Gasteiger partial charge is 0.454 e. The average molecular weight is 358 g/mol. The molecule has 0 bridgehead atoms. The second-order valence-electron chi connectivity index (χ2n) is 6.61. The fraction of sp³-hybridized carbons (Fsp3) is 0.250. The predicted octanol–water partition coefficient (Wildman–Crippen LogP) is 6.69. The third-order valence-corrected chi connectivity index (χ3v) is 4.55. The second kappa shape index (κ2) is 8.63. The van der Waals surface area contributed by atoms with E-state index in [9.17, 15) is 0 Å². The monoisotopic (exact) mass is 358 g/mol. The van der Waals surface area contributed by atoms with Crippen molar-refractivity contribution < 1.29 is 4.42 Å². The number of benzene rings is 2. The molecule has 0 aliphatic carbocycles. The third kappa shape index (κ3) is 4.82. The first-order chi connectivity index (χ1) is 13.1. The highest BCUT2D eigenvalue weighted by Gasteiger charge is 2.08. The van der Waals surface area contributed by atoms with Gasteiger partial charge in [-0.1, -0.05) is 38.1 Å². The summed E-state index contributed by atoms with van der Waals surface area (Å²) in [6.45, 7) is 8.23. The first-order valence-corrected chi connectivity index (χ1v) is 9.48. The van der Waals surface area contributed by atoms with Crippen LogP contribution in [0.25, 0.3) is 0 Å². The zero-order valence-corrected chi connectivity index (χ0v) is 16.5. The zero-order chi connectivity index (χ0) is 19.2. The van der Waals surface area contributed by atoms with Crippen molar-refractivity contribution in [2.75, 3.05) is 0 Å². The molecule has 0 saturated carbocycles. The molecule has 0 saturated heterocycles. The Balaban J connectivity index is 1.82. The molecule has 0 aliphatic rings. The van der Waals surface area contributed by atoms with Crippen molar-refractivity contribution >= 4 is 22.8 Å². The summed E-state index contributed by atoms with van der Waals surface area (Å²) in [6.07, 6.45) is 2.00. The van der Waals surface area contributed by atoms with Crippen LogP contribution in [0.1, 0.15) is 50.3 Å². The van der Waals surface area contributed by atoms with Crippen molar-refractivity contribution in [3.05, 3.63) is 83.3 Å². The lowest BCUT2D eigenvalue weighted by atomic mass is 10.1. The van der Waals surface area contributed by atoms with Gasteiger partial charge in [0.15, 0.2) is 0 Å². The predicted molar refractivity (Wildman–Crippen MR) is 114 cm³/mol. The van der Waals surface area contributed by atoms with Crippen LogP contribution in [0.2, 0.25) is 0 Å². The maximum absolute atomic E-state index is 6.00. The molecule has 0 spiro atoms. The molecule has 138 valence electrons. The number of hydrogen-bond donors (Lipinski definition) is 0. The lowest BCUT2D eigenvalue weighted by Gasteiger charge is -2.02. The Morgan fingerprint density at radius 2 is 1.15 bits per heavy atom. The van der Waals surface area contributed by atoms with E-state index in [1.807, 2.05) is 50.2 Å². The van der Waals surface area contributed by atoms with Gasteiger partial charge in [-0.05, 0) is 74.2 Å². The summed E-state index contributed by atoms with van der Waals surface area (Å²) >= 11 is 0. The molecule has 0 unspecified atom stereocenters. The average Bonchev–Trinajstić information content (AvgIpc) is 3.19. The van der Waals surface area contributed by atoms with E-state index in [2.05, 4.69) is 38.1 Å². The minimum absolute atomic E-state index is 0.767. The van der Waals surface area contributed by atoms with Crippen LogP contribution in [-0.2, 0) is 12.8 Å². The number of aryl methyl sites for hydroxylation is 2. The Morgan fingerprint density at radius 3 is 1.56 bits per heavy atom. The molecular weight excluding hydrogens is 332 g/mol. The van der Waals surface area contributed by atoms with E-state index in [4.69, 9.17) is 14.4 Å². The van der Waals surface area contributed by atoms with E-state index >= 15 is 0 Å². The van der Waals surface area contributed by atoms with Gasteiger partial charge in [0.05, 0.1) is 22.8 Å². The van der Waals surface area contributed by atoms with Crippen molar-refractivity contribution in [1.29, 1.82) is 0 Å². The van der Waals surface area contributed by atoms with Gasteiger partial charge in [0.2, 0.25) is 0 Å². The van der Waals surface area contributed by atoms with Crippen molar-refractivity contribution in [1.82, 2.24) is 0 Å². The van der Waals surface area contributed by atoms with Crippen LogP contribution >= 0.6 is 0 Å². The summed E-state index contributed by atoms with van der Waals surface area (Å²) in [5.41, 5.74) is 6.17. The topological polar surface area (TPSA) is 37.9 Å². The fourth-order valence-electron chi connectivity index (χ4n) is 2.92. The third-order valence-electron chi connectivity index (χ3n) is 4.55. The summed E-state index contributed by atoms with van der Waals surface area (Å²) in [5, 5.41) is 0. The number of nitrogens with zero attached hydrogens (tertiary/aromatic N) is 2. The van der Waals surface area contributed by atoms with E-state index in [1.165, 1.54) is 11.1 Å². The molecule has 1 aromatic heterocycles. The second-order valence-corrected chi connectivity index (χ2v) is 6.61. The number of rotatable bonds is 6. The zero-order valence-electron chi connectivity index (χ0n) is 16.5. The molecule has 0 N–H and O–H groups in total. The fourth-order valence-corrected chi connectivity index (χ4v) is 2.92. The maximum atomic E-state index is 6.00. The first kappa shape index (κ1) is 18.8. The first-order valence-electron chi connectivity index (χ1n) is 9.48. The standard InChI is InChI=1S/C24H26N2O/c1-5-19-9-7-11-21(15-19)25-17(3)23-13-14-24(27-23)18(4)26-22-12-8-10-20(6-2)16-22/h7-16H,5-6H2,1-4H3. The van der Waals surface area contributed by atoms with Gasteiger partial charge in [-0.25, -0.2) is 9.98 Å². The lowest BCUT2D eigenvalue weighted by Crippen LogP contribution is -1.94. The van der Waals surface area contributed by atoms with Crippen LogP contribution in [0.5, 0.6) is 0 Å². The molecule has 3 heteroatoms. The van der Waals surface area contributed by atoms with E-state index in [-0.39, 0.29) is 0 Å². The molecule has 3 nitrogen and oxygen atoms in total. The number of furan rings is 1. The van der Waals surface area contributed by atoms with Gasteiger partial charge < -0.3 is 4.42 Å². The van der Waals surface area contributed by atoms with E-state index in [0.29, 0.717) is 0 Å². The van der Waals surface area contributed by atoms with Crippen molar-refractivity contribution in [2.24, 2.45) is 9.98 Å². The minimum Gasteiger partial charge on any atom is -0.454 e. The highest BCUT2D eigenvalue weighted by Crippen LogP contribution is 2.20. The summed E-state index contributed by atoms with van der Waals surface area (Å²) < 4.78 is 6.00. The van der Waals surface area contributed by atoms with Gasteiger partial charge in [0, 0.05) is 0 Å². The molecule has 2 aromatic carbocycles. The van der Waals surface area contributed by atoms with Gasteiger partial charge >= 0.3 is 0 Å². The van der Waals surface area contributed by atoms with Gasteiger partial charge in [-0.2, -0.15) is 0 Å². The van der Waals surface area contributed by atoms with Crippen LogP contribution in [0.3, 0.4) is 0 Å².